The zero-order valence-corrected chi connectivity index (χ0v) is 12.0. The van der Waals surface area contributed by atoms with Gasteiger partial charge in [-0.3, -0.25) is 0 Å². The van der Waals surface area contributed by atoms with E-state index in [-0.39, 0.29) is 11.4 Å². The summed E-state index contributed by atoms with van der Waals surface area (Å²) in [5, 5.41) is 9.89. The quantitative estimate of drug-likeness (QED) is 0.674. The SMILES string of the molecule is COC(=O)c1nc(C)cc(Sc2cc(C(=O)O)ccn2)n1. The highest BCUT2D eigenvalue weighted by Crippen LogP contribution is 2.25. The molecule has 2 aromatic heterocycles. The molecule has 1 N–H and O–H groups in total. The van der Waals surface area contributed by atoms with E-state index in [1.54, 1.807) is 13.0 Å². The predicted molar refractivity (Wildman–Crippen MR) is 73.4 cm³/mol. The zero-order valence-electron chi connectivity index (χ0n) is 11.2. The number of aromatic nitrogens is 3. The highest BCUT2D eigenvalue weighted by atomic mass is 32.2. The largest absolute Gasteiger partial charge is 0.478 e. The molecule has 0 spiro atoms. The van der Waals surface area contributed by atoms with Crippen LogP contribution < -0.4 is 0 Å². The number of hydrogen-bond acceptors (Lipinski definition) is 7. The molecule has 7 nitrogen and oxygen atoms in total. The average Bonchev–Trinajstić information content (AvgIpc) is 2.46. The molecule has 108 valence electrons. The van der Waals surface area contributed by atoms with E-state index in [1.807, 2.05) is 0 Å². The maximum atomic E-state index is 11.5. The van der Waals surface area contributed by atoms with E-state index in [0.29, 0.717) is 15.7 Å². The third-order valence-corrected chi connectivity index (χ3v) is 3.24. The number of carboxylic acid groups (broad SMARTS) is 1. The van der Waals surface area contributed by atoms with E-state index in [9.17, 15) is 9.59 Å². The van der Waals surface area contributed by atoms with Gasteiger partial charge in [-0.1, -0.05) is 0 Å². The summed E-state index contributed by atoms with van der Waals surface area (Å²) in [6.45, 7) is 1.72. The molecule has 0 unspecified atom stereocenters. The van der Waals surface area contributed by atoms with Gasteiger partial charge in [-0.05, 0) is 36.9 Å². The molecule has 2 rings (SSSR count). The normalized spacial score (nSPS) is 10.2. The number of carboxylic acids is 1. The maximum Gasteiger partial charge on any atom is 0.376 e. The number of nitrogens with zero attached hydrogens (tertiary/aromatic N) is 3. The highest BCUT2D eigenvalue weighted by molar-refractivity contribution is 7.99. The van der Waals surface area contributed by atoms with Crippen molar-refractivity contribution in [3.8, 4) is 0 Å². The Balaban J connectivity index is 2.31. The summed E-state index contributed by atoms with van der Waals surface area (Å²) in [6.07, 6.45) is 1.40. The van der Waals surface area contributed by atoms with Gasteiger partial charge in [-0.2, -0.15) is 0 Å². The number of hydrogen-bond donors (Lipinski definition) is 1. The molecule has 0 amide bonds. The van der Waals surface area contributed by atoms with Crippen LogP contribution in [0.1, 0.15) is 26.7 Å². The Morgan fingerprint density at radius 3 is 2.67 bits per heavy atom. The number of methoxy groups -OCH3 is 1. The molecule has 0 radical (unpaired) electrons. The van der Waals surface area contributed by atoms with E-state index >= 15 is 0 Å². The Morgan fingerprint density at radius 2 is 2.00 bits per heavy atom. The Morgan fingerprint density at radius 1 is 1.24 bits per heavy atom. The van der Waals surface area contributed by atoms with Crippen LogP contribution in [0.4, 0.5) is 0 Å². The number of rotatable bonds is 4. The second-order valence-electron chi connectivity index (χ2n) is 3.95. The Hall–Kier alpha value is -2.48. The smallest absolute Gasteiger partial charge is 0.376 e. The van der Waals surface area contributed by atoms with Crippen LogP contribution in [0.3, 0.4) is 0 Å². The first kappa shape index (κ1) is 14.9. The molecule has 0 atom stereocenters. The first-order valence-corrected chi connectivity index (χ1v) is 6.62. The number of carbonyl (C=O) groups is 2. The molecule has 0 saturated heterocycles. The molecule has 0 aromatic carbocycles. The first-order valence-electron chi connectivity index (χ1n) is 5.81. The van der Waals surface area contributed by atoms with Gasteiger partial charge in [-0.25, -0.2) is 24.5 Å². The van der Waals surface area contributed by atoms with Crippen LogP contribution in [-0.4, -0.2) is 39.1 Å². The van der Waals surface area contributed by atoms with Crippen LogP contribution in [0.15, 0.2) is 34.4 Å². The Bertz CT molecular complexity index is 706. The van der Waals surface area contributed by atoms with Gasteiger partial charge in [0.15, 0.2) is 0 Å². The Labute approximate surface area is 124 Å². The molecule has 21 heavy (non-hydrogen) atoms. The molecule has 2 aromatic rings. The van der Waals surface area contributed by atoms with E-state index in [2.05, 4.69) is 19.7 Å². The third-order valence-electron chi connectivity index (χ3n) is 2.39. The van der Waals surface area contributed by atoms with Crippen LogP contribution in [0, 0.1) is 6.92 Å². The highest BCUT2D eigenvalue weighted by Gasteiger charge is 2.13. The third kappa shape index (κ3) is 3.76. The molecule has 2 heterocycles. The van der Waals surface area contributed by atoms with Gasteiger partial charge in [0, 0.05) is 11.9 Å². The second-order valence-corrected chi connectivity index (χ2v) is 4.99. The number of aromatic carboxylic acids is 1. The topological polar surface area (TPSA) is 102 Å². The van der Waals surface area contributed by atoms with Gasteiger partial charge in [0.05, 0.1) is 12.7 Å². The van der Waals surface area contributed by atoms with Gasteiger partial charge in [0.2, 0.25) is 5.82 Å². The molecule has 0 saturated carbocycles. The minimum absolute atomic E-state index is 0.0469. The van der Waals surface area contributed by atoms with Crippen molar-refractivity contribution in [1.29, 1.82) is 0 Å². The molecule has 0 bridgehead atoms. The zero-order chi connectivity index (χ0) is 15.4. The first-order chi connectivity index (χ1) is 9.99. The number of carbonyl (C=O) groups excluding carboxylic acids is 1. The summed E-state index contributed by atoms with van der Waals surface area (Å²) >= 11 is 1.14. The summed E-state index contributed by atoms with van der Waals surface area (Å²) in [4.78, 5) is 34.5. The fourth-order valence-corrected chi connectivity index (χ4v) is 2.36. The van der Waals surface area contributed by atoms with Crippen molar-refractivity contribution in [3.63, 3.8) is 0 Å². The van der Waals surface area contributed by atoms with Gasteiger partial charge in [-0.15, -0.1) is 0 Å². The number of aryl methyl sites for hydroxylation is 1. The van der Waals surface area contributed by atoms with Crippen LogP contribution >= 0.6 is 11.8 Å². The van der Waals surface area contributed by atoms with Crippen molar-refractivity contribution in [2.24, 2.45) is 0 Å². The second kappa shape index (κ2) is 6.31. The Kier molecular flexibility index (Phi) is 4.49. The molecule has 0 aliphatic carbocycles. The van der Waals surface area contributed by atoms with Crippen molar-refractivity contribution in [2.75, 3.05) is 7.11 Å². The molecule has 0 aliphatic heterocycles. The predicted octanol–water partition coefficient (Wildman–Crippen LogP) is 1.82. The lowest BCUT2D eigenvalue weighted by Crippen LogP contribution is -2.08. The summed E-state index contributed by atoms with van der Waals surface area (Å²) in [5.74, 6) is -1.71. The minimum atomic E-state index is -1.03. The molecular weight excluding hydrogens is 294 g/mol. The lowest BCUT2D eigenvalue weighted by atomic mass is 10.3. The van der Waals surface area contributed by atoms with Crippen molar-refractivity contribution >= 4 is 23.7 Å². The van der Waals surface area contributed by atoms with E-state index in [1.165, 1.54) is 25.4 Å². The van der Waals surface area contributed by atoms with Crippen LogP contribution in [0.2, 0.25) is 0 Å². The molecule has 0 aliphatic rings. The van der Waals surface area contributed by atoms with Gasteiger partial charge >= 0.3 is 11.9 Å². The summed E-state index contributed by atoms with van der Waals surface area (Å²) in [5.41, 5.74) is 0.730. The number of esters is 1. The van der Waals surface area contributed by atoms with E-state index in [4.69, 9.17) is 5.11 Å². The summed E-state index contributed by atoms with van der Waals surface area (Å²) in [6, 6.07) is 4.51. The summed E-state index contributed by atoms with van der Waals surface area (Å²) in [7, 11) is 1.25. The lowest BCUT2D eigenvalue weighted by Gasteiger charge is -2.04. The minimum Gasteiger partial charge on any atom is -0.478 e. The standard InChI is InChI=1S/C13H11N3O4S/c1-7-5-10(16-11(15-7)13(19)20-2)21-9-6-8(12(17)18)3-4-14-9/h3-6H,1-2H3,(H,17,18). The van der Waals surface area contributed by atoms with Crippen LogP contribution in [-0.2, 0) is 4.74 Å². The fraction of sp³-hybridized carbons (Fsp3) is 0.154. The van der Waals surface area contributed by atoms with Gasteiger partial charge in [0.1, 0.15) is 10.1 Å². The summed E-state index contributed by atoms with van der Waals surface area (Å²) < 4.78 is 4.58. The van der Waals surface area contributed by atoms with Gasteiger partial charge < -0.3 is 9.84 Å². The van der Waals surface area contributed by atoms with E-state index in [0.717, 1.165) is 11.8 Å². The van der Waals surface area contributed by atoms with Crippen LogP contribution in [0.5, 0.6) is 0 Å². The van der Waals surface area contributed by atoms with Crippen LogP contribution in [0.25, 0.3) is 0 Å². The lowest BCUT2D eigenvalue weighted by molar-refractivity contribution is 0.0584. The molecule has 0 fully saturated rings. The maximum absolute atomic E-state index is 11.5. The number of ether oxygens (including phenoxy) is 1. The fourth-order valence-electron chi connectivity index (χ4n) is 1.48. The van der Waals surface area contributed by atoms with Crippen molar-refractivity contribution in [3.05, 3.63) is 41.5 Å². The molecule has 8 heteroatoms. The molecular formula is C13H11N3O4S. The number of pyridine rings is 1. The van der Waals surface area contributed by atoms with Crippen molar-refractivity contribution < 1.29 is 19.4 Å². The van der Waals surface area contributed by atoms with E-state index < -0.39 is 11.9 Å². The monoisotopic (exact) mass is 305 g/mol. The van der Waals surface area contributed by atoms with Crippen molar-refractivity contribution in [2.45, 2.75) is 17.0 Å². The average molecular weight is 305 g/mol. The van der Waals surface area contributed by atoms with Crippen molar-refractivity contribution in [1.82, 2.24) is 15.0 Å². The van der Waals surface area contributed by atoms with Gasteiger partial charge in [0.25, 0.3) is 0 Å².